The van der Waals surface area contributed by atoms with Crippen molar-refractivity contribution >= 4 is 28.6 Å². The molecule has 0 atom stereocenters. The average molecular weight is 466 g/mol. The van der Waals surface area contributed by atoms with Gasteiger partial charge in [-0.2, -0.15) is 0 Å². The number of ether oxygens (including phenoxy) is 1. The summed E-state index contributed by atoms with van der Waals surface area (Å²) < 4.78 is 8.94. The number of carbonyl (C=O) groups excluding carboxylic acids is 2. The molecule has 0 amide bonds. The smallest absolute Gasteiger partial charge is 0.337 e. The summed E-state index contributed by atoms with van der Waals surface area (Å²) in [6.07, 6.45) is 0. The van der Waals surface area contributed by atoms with Crippen LogP contribution >= 0.6 is 0 Å². The molecular weight excluding hydrogens is 438 g/mol. The third-order valence-corrected chi connectivity index (χ3v) is 6.34. The second kappa shape index (κ2) is 8.55. The quantitative estimate of drug-likeness (QED) is 0.230. The molecule has 0 saturated heterocycles. The number of ketones is 1. The van der Waals surface area contributed by atoms with E-state index in [0.29, 0.717) is 28.3 Å². The molecule has 5 rings (SSSR count). The topological polar surface area (TPSA) is 65.6 Å². The Hall–Kier alpha value is -4.19. The Balaban J connectivity index is 1.90. The molecule has 35 heavy (non-hydrogen) atoms. The second-order valence-electron chi connectivity index (χ2n) is 9.16. The summed E-state index contributed by atoms with van der Waals surface area (Å²) in [6.45, 7) is 8.18. The van der Waals surface area contributed by atoms with Gasteiger partial charge in [0.1, 0.15) is 11.4 Å². The summed E-state index contributed by atoms with van der Waals surface area (Å²) in [5, 5.41) is 0. The van der Waals surface area contributed by atoms with E-state index in [2.05, 4.69) is 18.4 Å². The molecule has 0 unspecified atom stereocenters. The van der Waals surface area contributed by atoms with Gasteiger partial charge in [0.25, 0.3) is 0 Å². The summed E-state index contributed by atoms with van der Waals surface area (Å²) in [4.78, 5) is 31.4. The predicted molar refractivity (Wildman–Crippen MR) is 137 cm³/mol. The molecular formula is C29H27N3O3. The molecule has 0 saturated carbocycles. The van der Waals surface area contributed by atoms with E-state index in [-0.39, 0.29) is 11.8 Å². The van der Waals surface area contributed by atoms with Gasteiger partial charge in [-0.1, -0.05) is 59.7 Å². The number of fused-ring (bicyclic) bond motifs is 3. The lowest BCUT2D eigenvalue weighted by Gasteiger charge is -2.09. The van der Waals surface area contributed by atoms with Gasteiger partial charge in [0.2, 0.25) is 11.6 Å². The van der Waals surface area contributed by atoms with Gasteiger partial charge in [-0.15, -0.1) is 0 Å². The second-order valence-corrected chi connectivity index (χ2v) is 9.16. The Labute approximate surface area is 203 Å². The highest BCUT2D eigenvalue weighted by molar-refractivity contribution is 6.13. The van der Waals surface area contributed by atoms with Gasteiger partial charge in [0, 0.05) is 17.2 Å². The standard InChI is InChI=1S/C29H27N3O3/c1-17(2)31-23-15-14-22(28(34)35-5)16-24(23)32-26(27(33)21-12-8-19(4)9-13-21)25(30-29(31)32)20-10-6-18(3)7-11-20/h6-17H,1-5H3. The lowest BCUT2D eigenvalue weighted by atomic mass is 10.0. The first-order valence-electron chi connectivity index (χ1n) is 11.6. The van der Waals surface area contributed by atoms with Crippen molar-refractivity contribution in [2.45, 2.75) is 33.7 Å². The van der Waals surface area contributed by atoms with Gasteiger partial charge >= 0.3 is 5.97 Å². The number of hydrogen-bond acceptors (Lipinski definition) is 4. The SMILES string of the molecule is COC(=O)c1ccc2c(c1)n1c(C(=O)c3ccc(C)cc3)c(-c3ccc(C)cc3)nc1n2C(C)C. The number of rotatable bonds is 5. The highest BCUT2D eigenvalue weighted by Crippen LogP contribution is 2.34. The van der Waals surface area contributed by atoms with Gasteiger partial charge in [-0.05, 0) is 45.9 Å². The molecule has 0 fully saturated rings. The third-order valence-electron chi connectivity index (χ3n) is 6.34. The van der Waals surface area contributed by atoms with Crippen molar-refractivity contribution in [3.05, 3.63) is 94.7 Å². The molecule has 6 heteroatoms. The molecule has 3 aromatic carbocycles. The van der Waals surface area contributed by atoms with E-state index in [1.54, 1.807) is 12.1 Å². The number of carbonyl (C=O) groups is 2. The summed E-state index contributed by atoms with van der Waals surface area (Å²) in [5.41, 5.74) is 6.79. The molecule has 0 bridgehead atoms. The van der Waals surface area contributed by atoms with Crippen LogP contribution in [-0.4, -0.2) is 32.8 Å². The van der Waals surface area contributed by atoms with Crippen LogP contribution in [0.2, 0.25) is 0 Å². The van der Waals surface area contributed by atoms with Crippen molar-refractivity contribution in [2.75, 3.05) is 7.11 Å². The Morgan fingerprint density at radius 2 is 1.43 bits per heavy atom. The van der Waals surface area contributed by atoms with Crippen molar-refractivity contribution in [2.24, 2.45) is 0 Å². The molecule has 0 aliphatic heterocycles. The van der Waals surface area contributed by atoms with Crippen molar-refractivity contribution in [1.29, 1.82) is 0 Å². The lowest BCUT2D eigenvalue weighted by Crippen LogP contribution is -2.07. The molecule has 176 valence electrons. The first-order valence-corrected chi connectivity index (χ1v) is 11.6. The van der Waals surface area contributed by atoms with Crippen LogP contribution in [0, 0.1) is 13.8 Å². The zero-order valence-corrected chi connectivity index (χ0v) is 20.5. The molecule has 6 nitrogen and oxygen atoms in total. The van der Waals surface area contributed by atoms with Gasteiger partial charge in [-0.3, -0.25) is 9.20 Å². The number of aromatic nitrogens is 3. The van der Waals surface area contributed by atoms with E-state index in [1.165, 1.54) is 7.11 Å². The Morgan fingerprint density at radius 3 is 2.03 bits per heavy atom. The summed E-state index contributed by atoms with van der Waals surface area (Å²) in [6, 6.07) is 21.1. The minimum atomic E-state index is -0.428. The fraction of sp³-hybridized carbons (Fsp3) is 0.207. The number of imidazole rings is 2. The average Bonchev–Trinajstić information content (AvgIpc) is 3.38. The van der Waals surface area contributed by atoms with Crippen LogP contribution in [0.3, 0.4) is 0 Å². The normalized spacial score (nSPS) is 11.5. The highest BCUT2D eigenvalue weighted by atomic mass is 16.5. The van der Waals surface area contributed by atoms with Crippen molar-refractivity contribution < 1.29 is 14.3 Å². The van der Waals surface area contributed by atoms with E-state index in [0.717, 1.165) is 27.7 Å². The summed E-state index contributed by atoms with van der Waals surface area (Å²) in [5.74, 6) is 0.102. The maximum Gasteiger partial charge on any atom is 0.337 e. The molecule has 2 heterocycles. The number of nitrogens with zero attached hydrogens (tertiary/aromatic N) is 3. The van der Waals surface area contributed by atoms with Gasteiger partial charge in [0.05, 0.1) is 23.7 Å². The van der Waals surface area contributed by atoms with Gasteiger partial charge in [-0.25, -0.2) is 9.78 Å². The maximum absolute atomic E-state index is 14.0. The van der Waals surface area contributed by atoms with Crippen LogP contribution in [0.1, 0.15) is 57.4 Å². The van der Waals surface area contributed by atoms with Crippen LogP contribution in [0.15, 0.2) is 66.7 Å². The zero-order valence-electron chi connectivity index (χ0n) is 20.5. The number of aryl methyl sites for hydroxylation is 2. The Morgan fingerprint density at radius 1 is 0.829 bits per heavy atom. The number of hydrogen-bond donors (Lipinski definition) is 0. The first-order chi connectivity index (χ1) is 16.8. The van der Waals surface area contributed by atoms with Crippen molar-refractivity contribution in [3.8, 4) is 11.3 Å². The molecule has 0 radical (unpaired) electrons. The van der Waals surface area contributed by atoms with Crippen LogP contribution in [-0.2, 0) is 4.74 Å². The van der Waals surface area contributed by atoms with Crippen molar-refractivity contribution in [1.82, 2.24) is 14.0 Å². The third kappa shape index (κ3) is 3.71. The predicted octanol–water partition coefficient (Wildman–Crippen LogP) is 6.17. The first kappa shape index (κ1) is 22.6. The van der Waals surface area contributed by atoms with E-state index in [9.17, 15) is 9.59 Å². The maximum atomic E-state index is 14.0. The van der Waals surface area contributed by atoms with Crippen LogP contribution in [0.25, 0.3) is 28.1 Å². The molecule has 0 aliphatic rings. The van der Waals surface area contributed by atoms with E-state index in [1.807, 2.05) is 72.8 Å². The molecule has 0 spiro atoms. The lowest BCUT2D eigenvalue weighted by molar-refractivity contribution is 0.0600. The van der Waals surface area contributed by atoms with Gasteiger partial charge in [0.15, 0.2) is 0 Å². The van der Waals surface area contributed by atoms with Crippen molar-refractivity contribution in [3.63, 3.8) is 0 Å². The molecule has 0 N–H and O–H groups in total. The van der Waals surface area contributed by atoms with E-state index >= 15 is 0 Å². The molecule has 2 aromatic heterocycles. The molecule has 5 aromatic rings. The minimum Gasteiger partial charge on any atom is -0.465 e. The minimum absolute atomic E-state index is 0.0783. The molecule has 0 aliphatic carbocycles. The number of esters is 1. The van der Waals surface area contributed by atoms with Gasteiger partial charge < -0.3 is 9.30 Å². The highest BCUT2D eigenvalue weighted by Gasteiger charge is 2.27. The fourth-order valence-corrected chi connectivity index (χ4v) is 4.53. The number of methoxy groups -OCH3 is 1. The number of benzene rings is 3. The fourth-order valence-electron chi connectivity index (χ4n) is 4.53. The van der Waals surface area contributed by atoms with Crippen LogP contribution in [0.4, 0.5) is 0 Å². The monoisotopic (exact) mass is 465 g/mol. The van der Waals surface area contributed by atoms with Crippen LogP contribution in [0.5, 0.6) is 0 Å². The largest absolute Gasteiger partial charge is 0.465 e. The van der Waals surface area contributed by atoms with E-state index in [4.69, 9.17) is 9.72 Å². The summed E-state index contributed by atoms with van der Waals surface area (Å²) in [7, 11) is 1.36. The zero-order chi connectivity index (χ0) is 24.9. The Bertz CT molecular complexity index is 1590. The van der Waals surface area contributed by atoms with E-state index < -0.39 is 5.97 Å². The Kier molecular flexibility index (Phi) is 5.52. The van der Waals surface area contributed by atoms with Crippen LogP contribution < -0.4 is 0 Å². The summed E-state index contributed by atoms with van der Waals surface area (Å²) >= 11 is 0.